The summed E-state index contributed by atoms with van der Waals surface area (Å²) in [5.41, 5.74) is 0. The topological polar surface area (TPSA) is 0 Å². The lowest BCUT2D eigenvalue weighted by Gasteiger charge is -2.00. The first kappa shape index (κ1) is 5.43. The minimum absolute atomic E-state index is 0.798. The van der Waals surface area contributed by atoms with Gasteiger partial charge in [-0.15, -0.1) is 0 Å². The Bertz CT molecular complexity index is 17.6. The summed E-state index contributed by atoms with van der Waals surface area (Å²) in [6.07, 6.45) is 1.11. The van der Waals surface area contributed by atoms with Crippen molar-refractivity contribution in [3.63, 3.8) is 0 Å². The molecule has 0 heterocycles. The van der Waals surface area contributed by atoms with Crippen molar-refractivity contribution in [2.24, 2.45) is 5.92 Å². The second-order valence-electron chi connectivity index (χ2n) is 1.60. The van der Waals surface area contributed by atoms with Crippen molar-refractivity contribution < 1.29 is 0 Å². The molecule has 0 nitrogen and oxygen atoms in total. The highest BCUT2D eigenvalue weighted by molar-refractivity contribution is 7.16. The van der Waals surface area contributed by atoms with E-state index in [0.29, 0.717) is 0 Å². The van der Waals surface area contributed by atoms with Crippen molar-refractivity contribution in [3.8, 4) is 0 Å². The highest BCUT2D eigenvalue weighted by Gasteiger charge is 1.73. The van der Waals surface area contributed by atoms with Crippen LogP contribution in [0.5, 0.6) is 0 Å². The Labute approximate surface area is 36.2 Å². The van der Waals surface area contributed by atoms with Gasteiger partial charge < -0.3 is 9.24 Å². The lowest BCUT2D eigenvalue weighted by Crippen LogP contribution is -1.82. The zero-order valence-electron chi connectivity index (χ0n) is 3.78. The fourth-order valence-electron chi connectivity index (χ4n) is 0. The van der Waals surface area contributed by atoms with E-state index in [1.54, 1.807) is 0 Å². The Morgan fingerprint density at radius 1 is 1.60 bits per heavy atom. The van der Waals surface area contributed by atoms with Crippen LogP contribution in [0.4, 0.5) is 0 Å². The molecule has 0 rings (SSSR count). The molecule has 0 unspecified atom stereocenters. The van der Waals surface area contributed by atoms with Crippen molar-refractivity contribution in [1.29, 1.82) is 0 Å². The minimum atomic E-state index is 0.798. The van der Waals surface area contributed by atoms with Gasteiger partial charge in [0.05, 0.1) is 0 Å². The molecule has 0 saturated carbocycles. The predicted molar refractivity (Wildman–Crippen MR) is 28.0 cm³/mol. The van der Waals surface area contributed by atoms with E-state index >= 15 is 0 Å². The van der Waals surface area contributed by atoms with E-state index in [4.69, 9.17) is 0 Å². The van der Waals surface area contributed by atoms with Crippen molar-refractivity contribution in [2.45, 2.75) is 13.8 Å². The van der Waals surface area contributed by atoms with Crippen LogP contribution >= 0.6 is 9.24 Å². The van der Waals surface area contributed by atoms with E-state index in [0.717, 1.165) is 12.1 Å². The molecule has 5 heavy (non-hydrogen) atoms. The van der Waals surface area contributed by atoms with Crippen LogP contribution in [0.2, 0.25) is 0 Å². The molecule has 0 amide bonds. The van der Waals surface area contributed by atoms with E-state index < -0.39 is 0 Å². The van der Waals surface area contributed by atoms with Gasteiger partial charge in [-0.2, -0.15) is 6.16 Å². The molecule has 1 heteroatoms. The summed E-state index contributed by atoms with van der Waals surface area (Å²) in [6.45, 7) is 4.35. The van der Waals surface area contributed by atoms with Gasteiger partial charge in [-0.25, -0.2) is 0 Å². The van der Waals surface area contributed by atoms with Crippen molar-refractivity contribution in [3.05, 3.63) is 0 Å². The van der Waals surface area contributed by atoms with E-state index in [-0.39, 0.29) is 0 Å². The zero-order valence-corrected chi connectivity index (χ0v) is 4.78. The fraction of sp³-hybridized carbons (Fsp3) is 1.00. The third-order valence-electron chi connectivity index (χ3n) is 0.408. The molecule has 0 aromatic heterocycles. The normalized spacial score (nSPS) is 9.60. The van der Waals surface area contributed by atoms with Crippen LogP contribution in [-0.2, 0) is 0 Å². The van der Waals surface area contributed by atoms with Gasteiger partial charge in [0.2, 0.25) is 0 Å². The van der Waals surface area contributed by atoms with E-state index in [2.05, 4.69) is 23.1 Å². The molecule has 0 aromatic rings. The lowest BCUT2D eigenvalue weighted by molar-refractivity contribution is 0.750. The van der Waals surface area contributed by atoms with Gasteiger partial charge in [0.25, 0.3) is 0 Å². The van der Waals surface area contributed by atoms with Gasteiger partial charge in [-0.3, -0.25) is 0 Å². The molecule has 0 fully saturated rings. The molecule has 0 bridgehead atoms. The largest absolute Gasteiger partial charge is 0.558 e. The van der Waals surface area contributed by atoms with Gasteiger partial charge in [0.15, 0.2) is 0 Å². The summed E-state index contributed by atoms with van der Waals surface area (Å²) in [4.78, 5) is 0. The number of rotatable bonds is 1. The number of hydrogen-bond acceptors (Lipinski definition) is 0. The first-order chi connectivity index (χ1) is 2.27. The van der Waals surface area contributed by atoms with Crippen molar-refractivity contribution >= 4 is 9.24 Å². The minimum Gasteiger partial charge on any atom is -0.558 e. The van der Waals surface area contributed by atoms with Crippen LogP contribution in [-0.4, -0.2) is 6.16 Å². The highest BCUT2D eigenvalue weighted by Crippen LogP contribution is 1.94. The summed E-state index contributed by atoms with van der Waals surface area (Å²) in [5.74, 6) is 0.798. The summed E-state index contributed by atoms with van der Waals surface area (Å²) < 4.78 is 0. The van der Waals surface area contributed by atoms with Gasteiger partial charge >= 0.3 is 0 Å². The molecule has 0 aliphatic carbocycles. The fourth-order valence-corrected chi connectivity index (χ4v) is 0. The Morgan fingerprint density at radius 2 is 1.80 bits per heavy atom. The molecular formula is C4H10P-. The predicted octanol–water partition coefficient (Wildman–Crippen LogP) is 1.79. The molecule has 32 valence electrons. The van der Waals surface area contributed by atoms with Crippen LogP contribution in [0.25, 0.3) is 0 Å². The van der Waals surface area contributed by atoms with Crippen LogP contribution in [0.15, 0.2) is 0 Å². The molecular weight excluding hydrogens is 79.0 g/mol. The second kappa shape index (κ2) is 2.66. The van der Waals surface area contributed by atoms with Gasteiger partial charge in [-0.1, -0.05) is 19.8 Å². The van der Waals surface area contributed by atoms with Gasteiger partial charge in [-0.05, 0) is 0 Å². The van der Waals surface area contributed by atoms with Crippen molar-refractivity contribution in [2.75, 3.05) is 6.16 Å². The standard InChI is InChI=1S/C4H10P/c1-4(2)3-5/h4-5H,3H2,1-2H3/q-1. The van der Waals surface area contributed by atoms with E-state index in [9.17, 15) is 0 Å². The smallest absolute Gasteiger partial charge is 0.0651 e. The quantitative estimate of drug-likeness (QED) is 0.429. The van der Waals surface area contributed by atoms with Gasteiger partial charge in [0, 0.05) is 0 Å². The number of hydrogen-bond donors (Lipinski definition) is 0. The Hall–Kier alpha value is 0.430. The third kappa shape index (κ3) is 4.43. The second-order valence-corrected chi connectivity index (χ2v) is 2.01. The summed E-state index contributed by atoms with van der Waals surface area (Å²) in [7, 11) is 3.35. The average Bonchev–Trinajstić information content (AvgIpc) is 1.38. The lowest BCUT2D eigenvalue weighted by atomic mass is 10.3. The van der Waals surface area contributed by atoms with Gasteiger partial charge in [0.1, 0.15) is 0 Å². The first-order valence-corrected chi connectivity index (χ1v) is 2.62. The molecule has 0 atom stereocenters. The molecule has 0 radical (unpaired) electrons. The molecule has 0 saturated heterocycles. The third-order valence-corrected chi connectivity index (χ3v) is 1.22. The molecule has 0 N–H and O–H groups in total. The first-order valence-electron chi connectivity index (χ1n) is 1.92. The Kier molecular flexibility index (Phi) is 2.88. The maximum absolute atomic E-state index is 3.35. The molecule has 0 aromatic carbocycles. The van der Waals surface area contributed by atoms with E-state index in [1.165, 1.54) is 0 Å². The zero-order chi connectivity index (χ0) is 4.28. The maximum Gasteiger partial charge on any atom is -0.0651 e. The Balaban J connectivity index is 2.54. The monoisotopic (exact) mass is 89.1 g/mol. The highest BCUT2D eigenvalue weighted by atomic mass is 31.0. The Morgan fingerprint density at radius 3 is 1.80 bits per heavy atom. The van der Waals surface area contributed by atoms with Crippen LogP contribution in [0, 0.1) is 5.92 Å². The molecule has 0 aliphatic rings. The molecule has 0 aliphatic heterocycles. The summed E-state index contributed by atoms with van der Waals surface area (Å²) >= 11 is 0. The van der Waals surface area contributed by atoms with Crippen LogP contribution in [0.3, 0.4) is 0 Å². The maximum atomic E-state index is 3.35. The molecule has 0 spiro atoms. The van der Waals surface area contributed by atoms with Crippen LogP contribution in [0.1, 0.15) is 13.8 Å². The summed E-state index contributed by atoms with van der Waals surface area (Å²) in [5, 5.41) is 0. The average molecular weight is 89.1 g/mol. The SMILES string of the molecule is CC(C)C[PH-]. The van der Waals surface area contributed by atoms with Crippen LogP contribution < -0.4 is 0 Å². The van der Waals surface area contributed by atoms with Crippen molar-refractivity contribution in [1.82, 2.24) is 0 Å². The van der Waals surface area contributed by atoms with E-state index in [1.807, 2.05) is 0 Å². The summed E-state index contributed by atoms with van der Waals surface area (Å²) in [6, 6.07) is 0.